The summed E-state index contributed by atoms with van der Waals surface area (Å²) in [5.41, 5.74) is 7.07. The van der Waals surface area contributed by atoms with E-state index in [2.05, 4.69) is 14.7 Å². The van der Waals surface area contributed by atoms with Crippen molar-refractivity contribution in [3.8, 4) is 0 Å². The molecule has 1 fully saturated rings. The molecule has 0 spiro atoms. The molecule has 2 aromatic rings. The summed E-state index contributed by atoms with van der Waals surface area (Å²) >= 11 is 0. The standard InChI is InChI=1S/C12H16N4/c13-11-3-1-2-10-8-15-12(16(10)11)6-9-4-5-14-7-9/h1-3,8-9,14H,4-7,13H2. The summed E-state index contributed by atoms with van der Waals surface area (Å²) in [6.07, 6.45) is 4.14. The van der Waals surface area contributed by atoms with Gasteiger partial charge in [-0.1, -0.05) is 6.07 Å². The van der Waals surface area contributed by atoms with E-state index in [9.17, 15) is 0 Å². The molecule has 1 atom stereocenters. The van der Waals surface area contributed by atoms with Crippen LogP contribution in [-0.4, -0.2) is 22.5 Å². The zero-order valence-corrected chi connectivity index (χ0v) is 9.19. The van der Waals surface area contributed by atoms with Gasteiger partial charge in [-0.05, 0) is 37.6 Å². The highest BCUT2D eigenvalue weighted by molar-refractivity contribution is 5.53. The average Bonchev–Trinajstić information content (AvgIpc) is 2.90. The molecule has 84 valence electrons. The van der Waals surface area contributed by atoms with Crippen molar-refractivity contribution >= 4 is 11.3 Å². The Morgan fingerprint density at radius 3 is 3.25 bits per heavy atom. The molecule has 1 aliphatic rings. The first kappa shape index (κ1) is 9.66. The summed E-state index contributed by atoms with van der Waals surface area (Å²) < 4.78 is 2.05. The van der Waals surface area contributed by atoms with Gasteiger partial charge in [-0.2, -0.15) is 0 Å². The van der Waals surface area contributed by atoms with Gasteiger partial charge in [0.25, 0.3) is 0 Å². The molecule has 1 saturated heterocycles. The van der Waals surface area contributed by atoms with Gasteiger partial charge in [0.1, 0.15) is 11.6 Å². The summed E-state index contributed by atoms with van der Waals surface area (Å²) in [5.74, 6) is 2.56. The highest BCUT2D eigenvalue weighted by Crippen LogP contribution is 2.18. The molecule has 3 heterocycles. The van der Waals surface area contributed by atoms with Crippen molar-refractivity contribution in [2.45, 2.75) is 12.8 Å². The molecule has 16 heavy (non-hydrogen) atoms. The third-order valence-electron chi connectivity index (χ3n) is 3.29. The van der Waals surface area contributed by atoms with Crippen molar-refractivity contribution in [3.63, 3.8) is 0 Å². The third kappa shape index (κ3) is 1.55. The Morgan fingerprint density at radius 1 is 1.50 bits per heavy atom. The third-order valence-corrected chi connectivity index (χ3v) is 3.29. The van der Waals surface area contributed by atoms with Crippen LogP contribution in [0.3, 0.4) is 0 Å². The number of fused-ring (bicyclic) bond motifs is 1. The molecule has 4 nitrogen and oxygen atoms in total. The average molecular weight is 216 g/mol. The van der Waals surface area contributed by atoms with Crippen LogP contribution in [0.25, 0.3) is 5.52 Å². The van der Waals surface area contributed by atoms with E-state index in [0.29, 0.717) is 5.92 Å². The number of pyridine rings is 1. The van der Waals surface area contributed by atoms with E-state index >= 15 is 0 Å². The van der Waals surface area contributed by atoms with E-state index < -0.39 is 0 Å². The first-order chi connectivity index (χ1) is 7.84. The highest BCUT2D eigenvalue weighted by atomic mass is 15.1. The Hall–Kier alpha value is -1.55. The number of nitrogens with zero attached hydrogens (tertiary/aromatic N) is 2. The maximum atomic E-state index is 5.98. The van der Waals surface area contributed by atoms with Gasteiger partial charge in [0.05, 0.1) is 11.7 Å². The second kappa shape index (κ2) is 3.79. The summed E-state index contributed by atoms with van der Waals surface area (Å²) in [7, 11) is 0. The van der Waals surface area contributed by atoms with E-state index in [1.165, 1.54) is 6.42 Å². The topological polar surface area (TPSA) is 55.3 Å². The van der Waals surface area contributed by atoms with E-state index in [1.807, 2.05) is 24.4 Å². The lowest BCUT2D eigenvalue weighted by atomic mass is 10.0. The monoisotopic (exact) mass is 216 g/mol. The van der Waals surface area contributed by atoms with Gasteiger partial charge in [-0.25, -0.2) is 4.98 Å². The predicted octanol–water partition coefficient (Wildman–Crippen LogP) is 1.07. The molecule has 1 unspecified atom stereocenters. The number of anilines is 1. The number of imidazole rings is 1. The molecular formula is C12H16N4. The van der Waals surface area contributed by atoms with Crippen LogP contribution in [0.15, 0.2) is 24.4 Å². The van der Waals surface area contributed by atoms with E-state index in [1.54, 1.807) is 0 Å². The second-order valence-electron chi connectivity index (χ2n) is 4.45. The van der Waals surface area contributed by atoms with Crippen molar-refractivity contribution < 1.29 is 0 Å². The lowest BCUT2D eigenvalue weighted by Crippen LogP contribution is -2.12. The number of nitrogens with one attached hydrogen (secondary N) is 1. The van der Waals surface area contributed by atoms with Crippen LogP contribution in [0.5, 0.6) is 0 Å². The Labute approximate surface area is 94.5 Å². The normalized spacial score (nSPS) is 20.6. The van der Waals surface area contributed by atoms with Gasteiger partial charge in [0.2, 0.25) is 0 Å². The van der Waals surface area contributed by atoms with Crippen LogP contribution in [0.1, 0.15) is 12.2 Å². The molecule has 2 aromatic heterocycles. The fourth-order valence-electron chi connectivity index (χ4n) is 2.43. The van der Waals surface area contributed by atoms with Gasteiger partial charge in [-0.15, -0.1) is 0 Å². The fourth-order valence-corrected chi connectivity index (χ4v) is 2.43. The molecule has 0 aliphatic carbocycles. The van der Waals surface area contributed by atoms with Gasteiger partial charge in [0.15, 0.2) is 0 Å². The number of nitrogen functional groups attached to an aromatic ring is 1. The molecule has 0 aromatic carbocycles. The van der Waals surface area contributed by atoms with Crippen molar-refractivity contribution in [2.24, 2.45) is 5.92 Å². The Kier molecular flexibility index (Phi) is 2.29. The van der Waals surface area contributed by atoms with Crippen LogP contribution in [0.4, 0.5) is 5.82 Å². The highest BCUT2D eigenvalue weighted by Gasteiger charge is 2.17. The minimum absolute atomic E-state index is 0.699. The predicted molar refractivity (Wildman–Crippen MR) is 64.3 cm³/mol. The Bertz CT molecular complexity index is 497. The van der Waals surface area contributed by atoms with Crippen molar-refractivity contribution in [1.29, 1.82) is 0 Å². The molecular weight excluding hydrogens is 200 g/mol. The van der Waals surface area contributed by atoms with Crippen LogP contribution >= 0.6 is 0 Å². The van der Waals surface area contributed by atoms with E-state index in [0.717, 1.165) is 36.7 Å². The molecule has 1 aliphatic heterocycles. The van der Waals surface area contributed by atoms with E-state index in [-0.39, 0.29) is 0 Å². The van der Waals surface area contributed by atoms with Gasteiger partial charge < -0.3 is 11.1 Å². The zero-order chi connectivity index (χ0) is 11.0. The first-order valence-corrected chi connectivity index (χ1v) is 5.76. The van der Waals surface area contributed by atoms with Crippen LogP contribution in [-0.2, 0) is 6.42 Å². The number of nitrogens with two attached hydrogens (primary N) is 1. The lowest BCUT2D eigenvalue weighted by molar-refractivity contribution is 0.561. The summed E-state index contributed by atoms with van der Waals surface area (Å²) in [6.45, 7) is 2.23. The van der Waals surface area contributed by atoms with Gasteiger partial charge >= 0.3 is 0 Å². The van der Waals surface area contributed by atoms with Gasteiger partial charge in [0, 0.05) is 6.42 Å². The SMILES string of the molecule is Nc1cccc2cnc(CC3CCNC3)n12. The summed E-state index contributed by atoms with van der Waals surface area (Å²) in [4.78, 5) is 4.47. The fraction of sp³-hybridized carbons (Fsp3) is 0.417. The molecule has 0 saturated carbocycles. The number of rotatable bonds is 2. The minimum Gasteiger partial charge on any atom is -0.385 e. The van der Waals surface area contributed by atoms with Crippen molar-refractivity contribution in [1.82, 2.24) is 14.7 Å². The van der Waals surface area contributed by atoms with E-state index in [4.69, 9.17) is 5.73 Å². The molecule has 3 rings (SSSR count). The van der Waals surface area contributed by atoms with Crippen LogP contribution in [0, 0.1) is 5.92 Å². The minimum atomic E-state index is 0.699. The number of hydrogen-bond donors (Lipinski definition) is 2. The van der Waals surface area contributed by atoms with Crippen LogP contribution in [0.2, 0.25) is 0 Å². The summed E-state index contributed by atoms with van der Waals surface area (Å²) in [6, 6.07) is 5.93. The maximum absolute atomic E-state index is 5.98. The molecule has 0 bridgehead atoms. The smallest absolute Gasteiger partial charge is 0.115 e. The quantitative estimate of drug-likeness (QED) is 0.789. The lowest BCUT2D eigenvalue weighted by Gasteiger charge is -2.08. The van der Waals surface area contributed by atoms with Crippen LogP contribution < -0.4 is 11.1 Å². The molecule has 0 radical (unpaired) electrons. The number of hydrogen-bond acceptors (Lipinski definition) is 3. The maximum Gasteiger partial charge on any atom is 0.115 e. The first-order valence-electron chi connectivity index (χ1n) is 5.76. The number of aromatic nitrogens is 2. The van der Waals surface area contributed by atoms with Crippen molar-refractivity contribution in [2.75, 3.05) is 18.8 Å². The molecule has 4 heteroatoms. The second-order valence-corrected chi connectivity index (χ2v) is 4.45. The largest absolute Gasteiger partial charge is 0.385 e. The Morgan fingerprint density at radius 2 is 2.44 bits per heavy atom. The molecule has 3 N–H and O–H groups in total. The zero-order valence-electron chi connectivity index (χ0n) is 9.19. The summed E-state index contributed by atoms with van der Waals surface area (Å²) in [5, 5.41) is 3.38. The Balaban J connectivity index is 1.97. The molecule has 0 amide bonds. The van der Waals surface area contributed by atoms with Crippen molar-refractivity contribution in [3.05, 3.63) is 30.2 Å². The van der Waals surface area contributed by atoms with Gasteiger partial charge in [-0.3, -0.25) is 4.40 Å².